The van der Waals surface area contributed by atoms with E-state index in [1.165, 1.54) is 4.90 Å². The van der Waals surface area contributed by atoms with Gasteiger partial charge in [-0.3, -0.25) is 14.5 Å². The van der Waals surface area contributed by atoms with E-state index in [0.717, 1.165) is 27.3 Å². The van der Waals surface area contributed by atoms with Crippen LogP contribution in [0, 0.1) is 5.92 Å². The molecule has 0 spiro atoms. The van der Waals surface area contributed by atoms with Crippen LogP contribution in [-0.2, 0) is 22.6 Å². The minimum atomic E-state index is -0.601. The Bertz CT molecular complexity index is 1490. The van der Waals surface area contributed by atoms with Crippen molar-refractivity contribution >= 4 is 23.6 Å². The molecule has 4 aromatic rings. The van der Waals surface area contributed by atoms with Gasteiger partial charge in [0.05, 0.1) is 41.5 Å². The van der Waals surface area contributed by atoms with Crippen molar-refractivity contribution < 1.29 is 24.2 Å². The maximum absolute atomic E-state index is 12.8. The Morgan fingerprint density at radius 1 is 0.805 bits per heavy atom. The second kappa shape index (κ2) is 12.0. The fourth-order valence-corrected chi connectivity index (χ4v) is 6.28. The van der Waals surface area contributed by atoms with Gasteiger partial charge in [0.2, 0.25) is 0 Å². The van der Waals surface area contributed by atoms with E-state index in [-0.39, 0.29) is 43.1 Å². The second-order valence-corrected chi connectivity index (χ2v) is 11.3. The Labute approximate surface area is 243 Å². The first-order valence-corrected chi connectivity index (χ1v) is 14.6. The van der Waals surface area contributed by atoms with Crippen molar-refractivity contribution in [1.29, 1.82) is 0 Å². The molecule has 0 unspecified atom stereocenters. The molecule has 2 amide bonds. The number of rotatable bonds is 8. The van der Waals surface area contributed by atoms with E-state index in [9.17, 15) is 14.7 Å². The van der Waals surface area contributed by atoms with Crippen molar-refractivity contribution in [3.63, 3.8) is 0 Å². The van der Waals surface area contributed by atoms with E-state index in [4.69, 9.17) is 9.47 Å². The summed E-state index contributed by atoms with van der Waals surface area (Å²) in [6, 6.07) is 28.3. The summed E-state index contributed by atoms with van der Waals surface area (Å²) in [6.45, 7) is 2.32. The van der Waals surface area contributed by atoms with Gasteiger partial charge in [-0.25, -0.2) is 4.98 Å². The number of carbonyl (C=O) groups excluding carboxylic acids is 2. The van der Waals surface area contributed by atoms with Crippen LogP contribution in [-0.4, -0.2) is 38.7 Å². The lowest BCUT2D eigenvalue weighted by Gasteiger charge is -2.41. The molecule has 6 rings (SSSR count). The van der Waals surface area contributed by atoms with Crippen LogP contribution in [0.1, 0.15) is 62.3 Å². The number of fused-ring (bicyclic) bond motifs is 1. The SMILES string of the molecule is C[C@@H]1[C@H](CSc2ccccn2)O[C@H](c2ccc(CN3C(=O)c4ccccc4C3=O)cc2)O[C@@H]1c1ccc(CO)cc1. The Kier molecular flexibility index (Phi) is 7.98. The van der Waals surface area contributed by atoms with Gasteiger partial charge in [0, 0.05) is 23.4 Å². The number of amides is 2. The average molecular weight is 567 g/mol. The largest absolute Gasteiger partial charge is 0.392 e. The van der Waals surface area contributed by atoms with Crippen LogP contribution in [0.5, 0.6) is 0 Å². The molecule has 7 nitrogen and oxygen atoms in total. The standard InChI is InChI=1S/C33H30N2O5S/c1-21-28(20-41-29-8-4-5-17-34-29)39-33(40-30(21)24-13-11-23(19-36)12-14-24)25-15-9-22(10-16-25)18-35-31(37)26-6-2-3-7-27(26)32(35)38/h2-17,21,28,30,33,36H,18-20H2,1H3/t21-,28+,30+,33+/m1/s1. The van der Waals surface area contributed by atoms with Gasteiger partial charge in [0.15, 0.2) is 6.29 Å². The van der Waals surface area contributed by atoms with E-state index < -0.39 is 6.29 Å². The predicted molar refractivity (Wildman–Crippen MR) is 155 cm³/mol. The lowest BCUT2D eigenvalue weighted by molar-refractivity contribution is -0.268. The van der Waals surface area contributed by atoms with Crippen LogP contribution in [0.3, 0.4) is 0 Å². The summed E-state index contributed by atoms with van der Waals surface area (Å²) < 4.78 is 13.1. The normalized spacial score (nSPS) is 22.1. The topological polar surface area (TPSA) is 89.0 Å². The molecular formula is C33H30N2O5S. The maximum atomic E-state index is 12.8. The van der Waals surface area contributed by atoms with Crippen molar-refractivity contribution in [3.05, 3.63) is 131 Å². The van der Waals surface area contributed by atoms with Crippen LogP contribution >= 0.6 is 11.8 Å². The minimum Gasteiger partial charge on any atom is -0.392 e. The van der Waals surface area contributed by atoms with Crippen LogP contribution in [0.2, 0.25) is 0 Å². The summed E-state index contributed by atoms with van der Waals surface area (Å²) in [6.07, 6.45) is 0.862. The van der Waals surface area contributed by atoms with Crippen LogP contribution in [0.4, 0.5) is 0 Å². The van der Waals surface area contributed by atoms with Gasteiger partial charge in [-0.15, -0.1) is 11.8 Å². The number of hydrogen-bond donors (Lipinski definition) is 1. The number of benzene rings is 3. The van der Waals surface area contributed by atoms with Gasteiger partial charge in [-0.05, 0) is 41.0 Å². The van der Waals surface area contributed by atoms with Crippen molar-refractivity contribution in [2.45, 2.75) is 43.6 Å². The molecule has 1 aromatic heterocycles. The zero-order valence-electron chi connectivity index (χ0n) is 22.6. The zero-order valence-corrected chi connectivity index (χ0v) is 23.4. The molecule has 1 saturated heterocycles. The molecule has 0 saturated carbocycles. The fourth-order valence-electron chi connectivity index (χ4n) is 5.26. The predicted octanol–water partition coefficient (Wildman–Crippen LogP) is 5.95. The zero-order chi connectivity index (χ0) is 28.3. The fraction of sp³-hybridized carbons (Fsp3) is 0.242. The molecule has 2 aliphatic rings. The van der Waals surface area contributed by atoms with Gasteiger partial charge in [-0.2, -0.15) is 0 Å². The van der Waals surface area contributed by atoms with Gasteiger partial charge in [0.1, 0.15) is 0 Å². The van der Waals surface area contributed by atoms with E-state index in [1.54, 1.807) is 42.2 Å². The summed E-state index contributed by atoms with van der Waals surface area (Å²) in [7, 11) is 0. The number of hydrogen-bond acceptors (Lipinski definition) is 7. The molecule has 41 heavy (non-hydrogen) atoms. The lowest BCUT2D eigenvalue weighted by Crippen LogP contribution is -2.38. The molecule has 1 fully saturated rings. The number of nitrogens with zero attached hydrogens (tertiary/aromatic N) is 2. The summed E-state index contributed by atoms with van der Waals surface area (Å²) in [5.74, 6) is 0.230. The van der Waals surface area contributed by atoms with Gasteiger partial charge in [0.25, 0.3) is 11.8 Å². The first-order chi connectivity index (χ1) is 20.0. The highest BCUT2D eigenvalue weighted by Crippen LogP contribution is 2.43. The van der Waals surface area contributed by atoms with E-state index in [2.05, 4.69) is 11.9 Å². The van der Waals surface area contributed by atoms with Crippen molar-refractivity contribution in [2.75, 3.05) is 5.75 Å². The van der Waals surface area contributed by atoms with Gasteiger partial charge < -0.3 is 14.6 Å². The van der Waals surface area contributed by atoms with Crippen LogP contribution < -0.4 is 0 Å². The van der Waals surface area contributed by atoms with Crippen LogP contribution in [0.25, 0.3) is 0 Å². The smallest absolute Gasteiger partial charge is 0.261 e. The van der Waals surface area contributed by atoms with E-state index >= 15 is 0 Å². The highest BCUT2D eigenvalue weighted by Gasteiger charge is 2.39. The quantitative estimate of drug-likeness (QED) is 0.208. The Morgan fingerprint density at radius 3 is 2.07 bits per heavy atom. The molecule has 8 heteroatoms. The number of aromatic nitrogens is 1. The highest BCUT2D eigenvalue weighted by molar-refractivity contribution is 7.99. The summed E-state index contributed by atoms with van der Waals surface area (Å²) in [5, 5.41) is 10.4. The second-order valence-electron chi connectivity index (χ2n) is 10.3. The molecule has 0 bridgehead atoms. The summed E-state index contributed by atoms with van der Waals surface area (Å²) >= 11 is 1.65. The summed E-state index contributed by atoms with van der Waals surface area (Å²) in [4.78, 5) is 31.3. The maximum Gasteiger partial charge on any atom is 0.261 e. The minimum absolute atomic E-state index is 0.0104. The summed E-state index contributed by atoms with van der Waals surface area (Å²) in [5.41, 5.74) is 4.46. The molecule has 0 aliphatic carbocycles. The number of aliphatic hydroxyl groups is 1. The third-order valence-electron chi connectivity index (χ3n) is 7.63. The van der Waals surface area contributed by atoms with E-state index in [1.807, 2.05) is 66.7 Å². The third-order valence-corrected chi connectivity index (χ3v) is 8.66. The lowest BCUT2D eigenvalue weighted by atomic mass is 9.91. The number of carbonyl (C=O) groups is 2. The Hall–Kier alpha value is -3.82. The van der Waals surface area contributed by atoms with Crippen LogP contribution in [0.15, 0.2) is 102 Å². The third kappa shape index (κ3) is 5.69. The number of ether oxygens (including phenoxy) is 2. The monoisotopic (exact) mass is 566 g/mol. The van der Waals surface area contributed by atoms with Crippen molar-refractivity contribution in [1.82, 2.24) is 9.88 Å². The molecule has 208 valence electrons. The number of aliphatic hydroxyl groups excluding tert-OH is 1. The Balaban J connectivity index is 1.21. The van der Waals surface area contributed by atoms with E-state index in [0.29, 0.717) is 16.9 Å². The first-order valence-electron chi connectivity index (χ1n) is 13.6. The van der Waals surface area contributed by atoms with Crippen molar-refractivity contribution in [3.8, 4) is 0 Å². The van der Waals surface area contributed by atoms with Crippen molar-refractivity contribution in [2.24, 2.45) is 5.92 Å². The molecule has 0 radical (unpaired) electrons. The number of pyridine rings is 1. The van der Waals surface area contributed by atoms with Gasteiger partial charge in [-0.1, -0.05) is 73.7 Å². The number of thioether (sulfide) groups is 1. The Morgan fingerprint density at radius 2 is 1.44 bits per heavy atom. The molecular weight excluding hydrogens is 536 g/mol. The molecule has 3 heterocycles. The molecule has 2 aliphatic heterocycles. The molecule has 3 aromatic carbocycles. The molecule has 4 atom stereocenters. The first kappa shape index (κ1) is 27.4. The average Bonchev–Trinajstić information content (AvgIpc) is 3.26. The number of imide groups is 1. The highest BCUT2D eigenvalue weighted by atomic mass is 32.2. The van der Waals surface area contributed by atoms with Gasteiger partial charge >= 0.3 is 0 Å². The molecule has 1 N–H and O–H groups in total.